The number of hydrogen-bond acceptors (Lipinski definition) is 8. The maximum absolute atomic E-state index is 11.0. The van der Waals surface area contributed by atoms with E-state index in [0.717, 1.165) is 10.6 Å². The Labute approximate surface area is 182 Å². The molecule has 3 aromatic rings. The van der Waals surface area contributed by atoms with Gasteiger partial charge in [0.05, 0.1) is 24.9 Å². The SMILES string of the molecule is CCOc1ccc(-c2nc(-c3nccc(C(=O)[O-])n3)cs2)cc1OCC.[Na+]. The molecular formula is C18H16N3NaO4S. The Morgan fingerprint density at radius 3 is 2.56 bits per heavy atom. The summed E-state index contributed by atoms with van der Waals surface area (Å²) in [5.74, 6) is 0.223. The van der Waals surface area contributed by atoms with Crippen LogP contribution in [0.3, 0.4) is 0 Å². The van der Waals surface area contributed by atoms with Crippen molar-refractivity contribution in [2.75, 3.05) is 13.2 Å². The second kappa shape index (κ2) is 9.80. The third-order valence-electron chi connectivity index (χ3n) is 3.39. The number of carbonyl (C=O) groups excluding carboxylic acids is 1. The van der Waals surface area contributed by atoms with Crippen molar-refractivity contribution in [1.29, 1.82) is 0 Å². The molecule has 0 unspecified atom stereocenters. The summed E-state index contributed by atoms with van der Waals surface area (Å²) in [7, 11) is 0. The average molecular weight is 393 g/mol. The molecule has 0 atom stereocenters. The summed E-state index contributed by atoms with van der Waals surface area (Å²) in [6.45, 7) is 4.90. The summed E-state index contributed by atoms with van der Waals surface area (Å²) >= 11 is 1.41. The fourth-order valence-corrected chi connectivity index (χ4v) is 3.08. The summed E-state index contributed by atoms with van der Waals surface area (Å²) in [4.78, 5) is 23.5. The minimum absolute atomic E-state index is 0. The van der Waals surface area contributed by atoms with Gasteiger partial charge >= 0.3 is 29.6 Å². The van der Waals surface area contributed by atoms with Crippen molar-refractivity contribution in [2.24, 2.45) is 0 Å². The van der Waals surface area contributed by atoms with Crippen LogP contribution in [0.15, 0.2) is 35.8 Å². The van der Waals surface area contributed by atoms with Crippen LogP contribution < -0.4 is 44.1 Å². The number of aromatic nitrogens is 3. The van der Waals surface area contributed by atoms with Crippen LogP contribution in [-0.4, -0.2) is 34.1 Å². The molecule has 27 heavy (non-hydrogen) atoms. The molecule has 134 valence electrons. The fourth-order valence-electron chi connectivity index (χ4n) is 2.29. The van der Waals surface area contributed by atoms with Gasteiger partial charge in [0.2, 0.25) is 0 Å². The van der Waals surface area contributed by atoms with Crippen molar-refractivity contribution in [2.45, 2.75) is 13.8 Å². The van der Waals surface area contributed by atoms with E-state index in [1.165, 1.54) is 23.6 Å². The van der Waals surface area contributed by atoms with Crippen molar-refractivity contribution in [3.8, 4) is 33.6 Å². The zero-order valence-electron chi connectivity index (χ0n) is 15.3. The molecule has 0 bridgehead atoms. The molecule has 2 heterocycles. The van der Waals surface area contributed by atoms with E-state index < -0.39 is 5.97 Å². The first-order chi connectivity index (χ1) is 12.6. The predicted molar refractivity (Wildman–Crippen MR) is 95.2 cm³/mol. The zero-order chi connectivity index (χ0) is 18.5. The Morgan fingerprint density at radius 1 is 1.11 bits per heavy atom. The monoisotopic (exact) mass is 393 g/mol. The van der Waals surface area contributed by atoms with Gasteiger partial charge in [-0.05, 0) is 38.1 Å². The molecule has 0 aliphatic rings. The normalized spacial score (nSPS) is 10.1. The molecule has 0 aliphatic heterocycles. The number of rotatable bonds is 7. The second-order valence-electron chi connectivity index (χ2n) is 5.12. The van der Waals surface area contributed by atoms with Gasteiger partial charge in [-0.1, -0.05) is 0 Å². The molecule has 0 saturated heterocycles. The molecule has 0 spiro atoms. The smallest absolute Gasteiger partial charge is 0.543 e. The average Bonchev–Trinajstić information content (AvgIpc) is 3.14. The van der Waals surface area contributed by atoms with E-state index in [9.17, 15) is 9.90 Å². The van der Waals surface area contributed by atoms with E-state index in [2.05, 4.69) is 15.0 Å². The van der Waals surface area contributed by atoms with Crippen molar-refractivity contribution < 1.29 is 48.9 Å². The largest absolute Gasteiger partial charge is 1.00 e. The third kappa shape index (κ3) is 5.04. The van der Waals surface area contributed by atoms with Gasteiger partial charge in [0, 0.05) is 17.1 Å². The van der Waals surface area contributed by atoms with Crippen LogP contribution in [0.5, 0.6) is 11.5 Å². The van der Waals surface area contributed by atoms with Crippen LogP contribution in [0, 0.1) is 0 Å². The van der Waals surface area contributed by atoms with Crippen LogP contribution in [0.4, 0.5) is 0 Å². The second-order valence-corrected chi connectivity index (χ2v) is 5.98. The van der Waals surface area contributed by atoms with E-state index in [1.54, 1.807) is 5.38 Å². The van der Waals surface area contributed by atoms with E-state index in [-0.39, 0.29) is 41.1 Å². The molecule has 2 aromatic heterocycles. The number of carbonyl (C=O) groups is 1. The molecule has 3 rings (SSSR count). The first kappa shape index (κ1) is 21.3. The molecule has 0 amide bonds. The van der Waals surface area contributed by atoms with E-state index >= 15 is 0 Å². The molecule has 7 nitrogen and oxygen atoms in total. The zero-order valence-corrected chi connectivity index (χ0v) is 18.1. The Bertz CT molecular complexity index is 932. The standard InChI is InChI=1S/C18H17N3O4S.Na/c1-3-24-14-6-5-11(9-15(14)25-4-2)17-21-13(10-26-17)16-19-8-7-12(20-16)18(22)23;/h5-10H,3-4H2,1-2H3,(H,22,23);/q;+1/p-1. The maximum Gasteiger partial charge on any atom is 1.00 e. The number of benzene rings is 1. The van der Waals surface area contributed by atoms with Gasteiger partial charge in [0.1, 0.15) is 10.7 Å². The van der Waals surface area contributed by atoms with E-state index in [4.69, 9.17) is 9.47 Å². The molecule has 0 aliphatic carbocycles. The summed E-state index contributed by atoms with van der Waals surface area (Å²) in [5, 5.41) is 13.5. The number of nitrogens with zero attached hydrogens (tertiary/aromatic N) is 3. The van der Waals surface area contributed by atoms with Gasteiger partial charge in [-0.15, -0.1) is 11.3 Å². The summed E-state index contributed by atoms with van der Waals surface area (Å²) in [6.07, 6.45) is 1.37. The topological polar surface area (TPSA) is 97.3 Å². The fraction of sp³-hybridized carbons (Fsp3) is 0.222. The predicted octanol–water partition coefficient (Wildman–Crippen LogP) is -0.568. The Morgan fingerprint density at radius 2 is 1.85 bits per heavy atom. The minimum Gasteiger partial charge on any atom is -0.543 e. The minimum atomic E-state index is -1.35. The van der Waals surface area contributed by atoms with Gasteiger partial charge in [-0.3, -0.25) is 0 Å². The Kier molecular flexibility index (Phi) is 7.73. The number of thiazole rings is 1. The first-order valence-electron chi connectivity index (χ1n) is 8.02. The first-order valence-corrected chi connectivity index (χ1v) is 8.90. The quantitative estimate of drug-likeness (QED) is 0.496. The van der Waals surface area contributed by atoms with E-state index in [1.807, 2.05) is 32.0 Å². The van der Waals surface area contributed by atoms with Crippen LogP contribution in [-0.2, 0) is 0 Å². The molecule has 0 saturated carbocycles. The summed E-state index contributed by atoms with van der Waals surface area (Å²) < 4.78 is 11.2. The van der Waals surface area contributed by atoms with Crippen molar-refractivity contribution in [1.82, 2.24) is 15.0 Å². The Balaban J connectivity index is 0.00000261. The van der Waals surface area contributed by atoms with Gasteiger partial charge in [-0.2, -0.15) is 0 Å². The summed E-state index contributed by atoms with van der Waals surface area (Å²) in [6, 6.07) is 6.90. The van der Waals surface area contributed by atoms with Gasteiger partial charge < -0.3 is 19.4 Å². The van der Waals surface area contributed by atoms with Crippen LogP contribution in [0.2, 0.25) is 0 Å². The van der Waals surface area contributed by atoms with Crippen molar-refractivity contribution in [3.05, 3.63) is 41.5 Å². The summed E-state index contributed by atoms with van der Waals surface area (Å²) in [5.41, 5.74) is 1.19. The number of hydrogen-bond donors (Lipinski definition) is 0. The molecular weight excluding hydrogens is 377 g/mol. The molecule has 0 fully saturated rings. The molecule has 0 radical (unpaired) electrons. The third-order valence-corrected chi connectivity index (χ3v) is 4.28. The molecule has 0 N–H and O–H groups in total. The van der Waals surface area contributed by atoms with Crippen molar-refractivity contribution >= 4 is 17.3 Å². The number of carboxylic acids is 1. The molecule has 9 heteroatoms. The number of aromatic carboxylic acids is 1. The van der Waals surface area contributed by atoms with Gasteiger partial charge in [0.25, 0.3) is 0 Å². The maximum atomic E-state index is 11.0. The number of ether oxygens (including phenoxy) is 2. The number of carboxylic acid groups (broad SMARTS) is 1. The van der Waals surface area contributed by atoms with Crippen LogP contribution in [0.25, 0.3) is 22.1 Å². The van der Waals surface area contributed by atoms with Gasteiger partial charge in [-0.25, -0.2) is 15.0 Å². The van der Waals surface area contributed by atoms with Crippen LogP contribution in [0.1, 0.15) is 24.3 Å². The van der Waals surface area contributed by atoms with Gasteiger partial charge in [0.15, 0.2) is 17.3 Å². The van der Waals surface area contributed by atoms with Crippen molar-refractivity contribution in [3.63, 3.8) is 0 Å². The van der Waals surface area contributed by atoms with Crippen LogP contribution >= 0.6 is 11.3 Å². The van der Waals surface area contributed by atoms with E-state index in [0.29, 0.717) is 30.4 Å². The molecule has 1 aromatic carbocycles. The Hall–Kier alpha value is -2.00.